The van der Waals surface area contributed by atoms with E-state index in [1.807, 2.05) is 37.3 Å². The summed E-state index contributed by atoms with van der Waals surface area (Å²) in [5.74, 6) is 0.625. The number of benzene rings is 1. The number of alkyl carbamates (subject to hydrolysis) is 1. The van der Waals surface area contributed by atoms with Crippen molar-refractivity contribution in [2.24, 2.45) is 5.92 Å². The quantitative estimate of drug-likeness (QED) is 0.921. The molecule has 4 rings (SSSR count). The zero-order valence-electron chi connectivity index (χ0n) is 11.9. The van der Waals surface area contributed by atoms with Crippen molar-refractivity contribution in [2.45, 2.75) is 31.9 Å². The highest BCUT2D eigenvalue weighted by molar-refractivity contribution is 5.68. The summed E-state index contributed by atoms with van der Waals surface area (Å²) >= 11 is 0. The molecule has 3 heterocycles. The van der Waals surface area contributed by atoms with Crippen LogP contribution in [-0.2, 0) is 4.74 Å². The van der Waals surface area contributed by atoms with E-state index in [9.17, 15) is 4.79 Å². The molecule has 1 aromatic rings. The molecule has 4 heteroatoms. The predicted molar refractivity (Wildman–Crippen MR) is 77.4 cm³/mol. The van der Waals surface area contributed by atoms with Crippen LogP contribution < -0.4 is 5.32 Å². The Morgan fingerprint density at radius 3 is 2.60 bits per heavy atom. The Hall–Kier alpha value is -1.55. The third-order valence-corrected chi connectivity index (χ3v) is 4.51. The minimum absolute atomic E-state index is 0.211. The number of hydrogen-bond donors (Lipinski definition) is 1. The molecule has 0 unspecified atom stereocenters. The topological polar surface area (TPSA) is 41.6 Å². The lowest BCUT2D eigenvalue weighted by molar-refractivity contribution is 0.0568. The molecule has 0 aliphatic carbocycles. The molecular formula is C16H22N2O2. The van der Waals surface area contributed by atoms with Crippen LogP contribution in [0.2, 0.25) is 0 Å². The Bertz CT molecular complexity index is 455. The number of ether oxygens (including phenoxy) is 1. The van der Waals surface area contributed by atoms with E-state index in [-0.39, 0.29) is 18.2 Å². The lowest BCUT2D eigenvalue weighted by Crippen LogP contribution is -2.57. The van der Waals surface area contributed by atoms with Gasteiger partial charge in [0.15, 0.2) is 0 Å². The number of fused-ring (bicyclic) bond motifs is 3. The summed E-state index contributed by atoms with van der Waals surface area (Å²) in [5, 5.41) is 3.05. The number of hydrogen-bond acceptors (Lipinski definition) is 3. The van der Waals surface area contributed by atoms with Crippen molar-refractivity contribution in [1.29, 1.82) is 0 Å². The predicted octanol–water partition coefficient (Wildman–Crippen LogP) is 2.57. The van der Waals surface area contributed by atoms with Gasteiger partial charge in [0.2, 0.25) is 0 Å². The van der Waals surface area contributed by atoms with Crippen LogP contribution in [0.4, 0.5) is 4.79 Å². The maximum absolute atomic E-state index is 12.0. The Morgan fingerprint density at radius 1 is 1.30 bits per heavy atom. The van der Waals surface area contributed by atoms with Gasteiger partial charge in [0, 0.05) is 12.6 Å². The van der Waals surface area contributed by atoms with Gasteiger partial charge in [0.05, 0.1) is 0 Å². The Kier molecular flexibility index (Phi) is 3.92. The molecule has 0 spiro atoms. The molecule has 0 radical (unpaired) electrons. The number of nitrogens with zero attached hydrogens (tertiary/aromatic N) is 1. The van der Waals surface area contributed by atoms with E-state index in [1.54, 1.807) is 0 Å². The van der Waals surface area contributed by atoms with Crippen molar-refractivity contribution in [2.75, 3.05) is 19.6 Å². The van der Waals surface area contributed by atoms with Crippen molar-refractivity contribution in [3.05, 3.63) is 35.9 Å². The van der Waals surface area contributed by atoms with Gasteiger partial charge in [-0.2, -0.15) is 0 Å². The number of rotatable bonds is 3. The zero-order chi connectivity index (χ0) is 13.9. The molecule has 20 heavy (non-hydrogen) atoms. The fourth-order valence-corrected chi connectivity index (χ4v) is 3.27. The van der Waals surface area contributed by atoms with Crippen LogP contribution in [0.15, 0.2) is 30.3 Å². The SMILES string of the molecule is C[C@H](OC(=O)N[C@H]1CN2CCC1CC2)c1ccccc1. The van der Waals surface area contributed by atoms with E-state index >= 15 is 0 Å². The summed E-state index contributed by atoms with van der Waals surface area (Å²) in [6.07, 6.45) is 1.88. The molecule has 3 saturated heterocycles. The van der Waals surface area contributed by atoms with E-state index in [1.165, 1.54) is 25.9 Å². The lowest BCUT2D eigenvalue weighted by atomic mass is 9.84. The van der Waals surface area contributed by atoms with Crippen LogP contribution in [0.25, 0.3) is 0 Å². The van der Waals surface area contributed by atoms with Gasteiger partial charge in [-0.25, -0.2) is 4.79 Å². The maximum Gasteiger partial charge on any atom is 0.408 e. The minimum Gasteiger partial charge on any atom is -0.442 e. The van der Waals surface area contributed by atoms with Gasteiger partial charge in [-0.1, -0.05) is 30.3 Å². The lowest BCUT2D eigenvalue weighted by Gasteiger charge is -2.44. The Morgan fingerprint density at radius 2 is 2.00 bits per heavy atom. The van der Waals surface area contributed by atoms with Gasteiger partial charge in [-0.15, -0.1) is 0 Å². The fraction of sp³-hybridized carbons (Fsp3) is 0.562. The first-order chi connectivity index (χ1) is 9.72. The number of piperidine rings is 3. The number of amides is 1. The van der Waals surface area contributed by atoms with Crippen LogP contribution in [0, 0.1) is 5.92 Å². The molecule has 4 nitrogen and oxygen atoms in total. The molecule has 108 valence electrons. The van der Waals surface area contributed by atoms with E-state index in [2.05, 4.69) is 10.2 Å². The van der Waals surface area contributed by atoms with Gasteiger partial charge in [0.25, 0.3) is 0 Å². The van der Waals surface area contributed by atoms with Crippen molar-refractivity contribution in [3.8, 4) is 0 Å². The van der Waals surface area contributed by atoms with Crippen molar-refractivity contribution >= 4 is 6.09 Å². The maximum atomic E-state index is 12.0. The standard InChI is InChI=1S/C16H22N2O2/c1-12(13-5-3-2-4-6-13)20-16(19)17-15-11-18-9-7-14(15)8-10-18/h2-6,12,14-15H,7-11H2,1H3,(H,17,19)/t12-,15-/m0/s1. The molecule has 0 saturated carbocycles. The summed E-state index contributed by atoms with van der Waals surface area (Å²) in [7, 11) is 0. The first-order valence-corrected chi connectivity index (χ1v) is 7.47. The molecule has 3 aliphatic rings. The number of carbonyl (C=O) groups is 1. The minimum atomic E-state index is -0.292. The van der Waals surface area contributed by atoms with Crippen LogP contribution >= 0.6 is 0 Å². The summed E-state index contributed by atoms with van der Waals surface area (Å²) in [6.45, 7) is 5.24. The second-order valence-corrected chi connectivity index (χ2v) is 5.85. The van der Waals surface area contributed by atoms with Gasteiger partial charge >= 0.3 is 6.09 Å². The van der Waals surface area contributed by atoms with E-state index < -0.39 is 0 Å². The molecular weight excluding hydrogens is 252 g/mol. The second kappa shape index (κ2) is 5.83. The van der Waals surface area contributed by atoms with Gasteiger partial charge in [-0.05, 0) is 44.3 Å². The molecule has 3 fully saturated rings. The molecule has 3 aliphatic heterocycles. The van der Waals surface area contributed by atoms with Crippen LogP contribution in [0.3, 0.4) is 0 Å². The highest BCUT2D eigenvalue weighted by Gasteiger charge is 2.35. The van der Waals surface area contributed by atoms with Gasteiger partial charge in [0.1, 0.15) is 6.10 Å². The molecule has 1 N–H and O–H groups in total. The summed E-state index contributed by atoms with van der Waals surface area (Å²) in [4.78, 5) is 14.4. The normalized spacial score (nSPS) is 29.8. The highest BCUT2D eigenvalue weighted by Crippen LogP contribution is 2.27. The third-order valence-electron chi connectivity index (χ3n) is 4.51. The largest absolute Gasteiger partial charge is 0.442 e. The molecule has 0 aromatic heterocycles. The van der Waals surface area contributed by atoms with Gasteiger partial charge < -0.3 is 15.0 Å². The third kappa shape index (κ3) is 2.96. The molecule has 2 atom stereocenters. The first kappa shape index (κ1) is 13.4. The van der Waals surface area contributed by atoms with Crippen molar-refractivity contribution in [3.63, 3.8) is 0 Å². The summed E-state index contributed by atoms with van der Waals surface area (Å²) < 4.78 is 5.48. The van der Waals surface area contributed by atoms with Crippen LogP contribution in [0.1, 0.15) is 31.4 Å². The smallest absolute Gasteiger partial charge is 0.408 e. The first-order valence-electron chi connectivity index (χ1n) is 7.47. The van der Waals surface area contributed by atoms with Crippen molar-refractivity contribution in [1.82, 2.24) is 10.2 Å². The molecule has 1 aromatic carbocycles. The van der Waals surface area contributed by atoms with Crippen LogP contribution in [-0.4, -0.2) is 36.7 Å². The number of carbonyl (C=O) groups excluding carboxylic acids is 1. The van der Waals surface area contributed by atoms with Gasteiger partial charge in [-0.3, -0.25) is 0 Å². The van der Waals surface area contributed by atoms with E-state index in [0.29, 0.717) is 5.92 Å². The average molecular weight is 274 g/mol. The van der Waals surface area contributed by atoms with E-state index in [4.69, 9.17) is 4.74 Å². The fourth-order valence-electron chi connectivity index (χ4n) is 3.27. The summed E-state index contributed by atoms with van der Waals surface area (Å²) in [5.41, 5.74) is 1.02. The Labute approximate surface area is 120 Å². The number of nitrogens with one attached hydrogen (secondary N) is 1. The van der Waals surface area contributed by atoms with Crippen molar-refractivity contribution < 1.29 is 9.53 Å². The zero-order valence-corrected chi connectivity index (χ0v) is 11.9. The van der Waals surface area contributed by atoms with E-state index in [0.717, 1.165) is 12.1 Å². The molecule has 1 amide bonds. The summed E-state index contributed by atoms with van der Waals surface area (Å²) in [6, 6.07) is 10.1. The second-order valence-electron chi connectivity index (χ2n) is 5.85. The highest BCUT2D eigenvalue weighted by atomic mass is 16.6. The monoisotopic (exact) mass is 274 g/mol. The Balaban J connectivity index is 1.52. The average Bonchev–Trinajstić information content (AvgIpc) is 2.49. The van der Waals surface area contributed by atoms with Crippen LogP contribution in [0.5, 0.6) is 0 Å². The molecule has 2 bridgehead atoms.